The van der Waals surface area contributed by atoms with E-state index in [2.05, 4.69) is 65.7 Å². The fourth-order valence-corrected chi connectivity index (χ4v) is 2.99. The van der Waals surface area contributed by atoms with Crippen LogP contribution < -0.4 is 4.57 Å². The first kappa shape index (κ1) is 16.8. The van der Waals surface area contributed by atoms with Crippen molar-refractivity contribution in [2.75, 3.05) is 0 Å². The van der Waals surface area contributed by atoms with Gasteiger partial charge in [-0.05, 0) is 31.4 Å². The molecule has 0 spiro atoms. The van der Waals surface area contributed by atoms with Crippen molar-refractivity contribution in [2.45, 2.75) is 71.8 Å². The highest BCUT2D eigenvalue weighted by Gasteiger charge is 2.17. The summed E-state index contributed by atoms with van der Waals surface area (Å²) >= 11 is 0. The molecule has 2 nitrogen and oxygen atoms in total. The number of hydrogen-bond donors (Lipinski definition) is 0. The van der Waals surface area contributed by atoms with Gasteiger partial charge in [0.1, 0.15) is 18.1 Å². The predicted octanol–water partition coefficient (Wildman–Crippen LogP) is 5.08. The lowest BCUT2D eigenvalue weighted by molar-refractivity contribution is -0.704. The molecule has 22 heavy (non-hydrogen) atoms. The van der Waals surface area contributed by atoms with Gasteiger partial charge in [0.2, 0.25) is 0 Å². The Morgan fingerprint density at radius 2 is 1.59 bits per heavy atom. The molecule has 120 valence electrons. The first-order valence-electron chi connectivity index (χ1n) is 9.02. The molecule has 0 unspecified atom stereocenters. The van der Waals surface area contributed by atoms with Gasteiger partial charge in [0.15, 0.2) is 0 Å². The van der Waals surface area contributed by atoms with Gasteiger partial charge in [0.05, 0.1) is 6.54 Å². The zero-order chi connectivity index (χ0) is 15.6. The van der Waals surface area contributed by atoms with Gasteiger partial charge < -0.3 is 0 Å². The fraction of sp³-hybridized carbons (Fsp3) is 0.550. The van der Waals surface area contributed by atoms with E-state index in [1.807, 2.05) is 0 Å². The molecule has 2 heteroatoms. The van der Waals surface area contributed by atoms with E-state index < -0.39 is 0 Å². The van der Waals surface area contributed by atoms with Gasteiger partial charge >= 0.3 is 0 Å². The van der Waals surface area contributed by atoms with Gasteiger partial charge in [-0.25, -0.2) is 4.57 Å². The molecule has 1 heterocycles. The number of nitrogens with zero attached hydrogens (tertiary/aromatic N) is 2. The lowest BCUT2D eigenvalue weighted by Crippen LogP contribution is -2.37. The van der Waals surface area contributed by atoms with E-state index in [9.17, 15) is 0 Å². The Morgan fingerprint density at radius 1 is 0.864 bits per heavy atom. The third-order valence-corrected chi connectivity index (χ3v) is 4.30. The molecule has 0 N–H and O–H groups in total. The molecule has 1 aromatic carbocycles. The first-order valence-corrected chi connectivity index (χ1v) is 9.02. The number of hydrogen-bond acceptors (Lipinski definition) is 0. The minimum Gasteiger partial charge on any atom is -0.234 e. The van der Waals surface area contributed by atoms with Crippen LogP contribution in [-0.2, 0) is 13.0 Å². The van der Waals surface area contributed by atoms with Crippen LogP contribution in [0.15, 0.2) is 42.7 Å². The summed E-state index contributed by atoms with van der Waals surface area (Å²) < 4.78 is 4.84. The molecule has 2 rings (SSSR count). The van der Waals surface area contributed by atoms with Crippen LogP contribution in [0.1, 0.15) is 64.6 Å². The maximum atomic E-state index is 2.47. The quantitative estimate of drug-likeness (QED) is 0.427. The van der Waals surface area contributed by atoms with Crippen LogP contribution >= 0.6 is 0 Å². The summed E-state index contributed by atoms with van der Waals surface area (Å²) in [5.41, 5.74) is 1.28. The van der Waals surface area contributed by atoms with Crippen LogP contribution in [0.3, 0.4) is 0 Å². The standard InChI is InChI=1S/C20H31N2/c1-3-5-7-11-15-20-21(16-12-6-4-2)17-18-22(20)19-13-9-8-10-14-19/h8-10,13-14,17-18H,3-7,11-12,15-16H2,1-2H3/q+1. The lowest BCUT2D eigenvalue weighted by Gasteiger charge is -2.05. The molecule has 2 aromatic rings. The second kappa shape index (κ2) is 9.45. The third kappa shape index (κ3) is 4.72. The largest absolute Gasteiger partial charge is 0.261 e. The molecule has 0 saturated heterocycles. The van der Waals surface area contributed by atoms with E-state index in [0.29, 0.717) is 0 Å². The van der Waals surface area contributed by atoms with E-state index >= 15 is 0 Å². The molecule has 0 amide bonds. The second-order valence-corrected chi connectivity index (χ2v) is 6.13. The van der Waals surface area contributed by atoms with Crippen LogP contribution in [0.2, 0.25) is 0 Å². The number of rotatable bonds is 10. The van der Waals surface area contributed by atoms with Crippen molar-refractivity contribution in [3.63, 3.8) is 0 Å². The number of imidazole rings is 1. The zero-order valence-electron chi connectivity index (χ0n) is 14.3. The van der Waals surface area contributed by atoms with Gasteiger partial charge in [-0.1, -0.05) is 57.7 Å². The third-order valence-electron chi connectivity index (χ3n) is 4.30. The summed E-state index contributed by atoms with van der Waals surface area (Å²) in [4.78, 5) is 0. The molecule has 0 fully saturated rings. The molecule has 0 aliphatic carbocycles. The minimum atomic E-state index is 1.15. The topological polar surface area (TPSA) is 8.81 Å². The Kier molecular flexibility index (Phi) is 7.21. The summed E-state index contributed by atoms with van der Waals surface area (Å²) in [6.45, 7) is 5.69. The number of aromatic nitrogens is 2. The Balaban J connectivity index is 2.13. The summed E-state index contributed by atoms with van der Waals surface area (Å²) in [7, 11) is 0. The van der Waals surface area contributed by atoms with Crippen molar-refractivity contribution in [1.29, 1.82) is 0 Å². The van der Waals surface area contributed by atoms with Crippen molar-refractivity contribution >= 4 is 0 Å². The normalized spacial score (nSPS) is 11.0. The fourth-order valence-electron chi connectivity index (χ4n) is 2.99. The summed E-state index contributed by atoms with van der Waals surface area (Å²) in [5, 5.41) is 0. The van der Waals surface area contributed by atoms with Crippen molar-refractivity contribution in [3.05, 3.63) is 48.5 Å². The summed E-state index contributed by atoms with van der Waals surface area (Å²) in [6, 6.07) is 10.7. The van der Waals surface area contributed by atoms with Crippen molar-refractivity contribution in [2.24, 2.45) is 0 Å². The van der Waals surface area contributed by atoms with Crippen LogP contribution in [0.4, 0.5) is 0 Å². The second-order valence-electron chi connectivity index (χ2n) is 6.13. The molecule has 0 saturated carbocycles. The maximum absolute atomic E-state index is 2.47. The lowest BCUT2D eigenvalue weighted by atomic mass is 10.1. The highest BCUT2D eigenvalue weighted by atomic mass is 15.1. The highest BCUT2D eigenvalue weighted by molar-refractivity contribution is 5.31. The van der Waals surface area contributed by atoms with Crippen LogP contribution in [0.5, 0.6) is 0 Å². The smallest absolute Gasteiger partial charge is 0.234 e. The zero-order valence-corrected chi connectivity index (χ0v) is 14.3. The Hall–Kier alpha value is -1.57. The molecule has 0 radical (unpaired) electrons. The van der Waals surface area contributed by atoms with E-state index in [0.717, 1.165) is 6.54 Å². The van der Waals surface area contributed by atoms with Gasteiger partial charge in [-0.15, -0.1) is 0 Å². The van der Waals surface area contributed by atoms with E-state index in [1.165, 1.54) is 62.9 Å². The van der Waals surface area contributed by atoms with E-state index in [-0.39, 0.29) is 0 Å². The van der Waals surface area contributed by atoms with Crippen molar-refractivity contribution in [1.82, 2.24) is 4.57 Å². The molecule has 0 aliphatic heterocycles. The highest BCUT2D eigenvalue weighted by Crippen LogP contribution is 2.13. The van der Waals surface area contributed by atoms with Gasteiger partial charge in [-0.3, -0.25) is 0 Å². The van der Waals surface area contributed by atoms with Crippen LogP contribution in [0.25, 0.3) is 5.69 Å². The first-order chi connectivity index (χ1) is 10.9. The SMILES string of the molecule is CCCCCCc1n(-c2ccccc2)cc[n+]1CCCCC. The monoisotopic (exact) mass is 299 g/mol. The Morgan fingerprint density at radius 3 is 2.32 bits per heavy atom. The molecule has 0 aliphatic rings. The number of unbranched alkanes of at least 4 members (excludes halogenated alkanes) is 5. The molecular weight excluding hydrogens is 268 g/mol. The predicted molar refractivity (Wildman–Crippen MR) is 93.3 cm³/mol. The average Bonchev–Trinajstić information content (AvgIpc) is 2.96. The minimum absolute atomic E-state index is 1.15. The Bertz CT molecular complexity index is 528. The van der Waals surface area contributed by atoms with Gasteiger partial charge in [-0.2, -0.15) is 4.57 Å². The van der Waals surface area contributed by atoms with E-state index in [4.69, 9.17) is 0 Å². The van der Waals surface area contributed by atoms with E-state index in [1.54, 1.807) is 0 Å². The van der Waals surface area contributed by atoms with Gasteiger partial charge in [0.25, 0.3) is 5.82 Å². The van der Waals surface area contributed by atoms with Crippen LogP contribution in [0, 0.1) is 0 Å². The number of aryl methyl sites for hydroxylation is 1. The van der Waals surface area contributed by atoms with Gasteiger partial charge in [0, 0.05) is 6.42 Å². The van der Waals surface area contributed by atoms with Crippen LogP contribution in [-0.4, -0.2) is 4.57 Å². The molecular formula is C20H31N2+. The molecule has 0 bridgehead atoms. The molecule has 0 atom stereocenters. The average molecular weight is 299 g/mol. The molecule has 1 aromatic heterocycles. The maximum Gasteiger partial charge on any atom is 0.261 e. The van der Waals surface area contributed by atoms with Crippen molar-refractivity contribution in [3.8, 4) is 5.69 Å². The summed E-state index contributed by atoms with van der Waals surface area (Å²) in [6.07, 6.45) is 14.8. The number of benzene rings is 1. The van der Waals surface area contributed by atoms with Crippen molar-refractivity contribution < 1.29 is 4.57 Å². The number of para-hydroxylation sites is 1. The Labute approximate surface area is 135 Å². The summed E-state index contributed by atoms with van der Waals surface area (Å²) in [5.74, 6) is 1.46.